The number of rotatable bonds is 8. The van der Waals surface area contributed by atoms with E-state index >= 15 is 0 Å². The van der Waals surface area contributed by atoms with E-state index in [2.05, 4.69) is 252 Å². The minimum atomic E-state index is -0.648. The van der Waals surface area contributed by atoms with Gasteiger partial charge in [-0.1, -0.05) is 170 Å². The minimum Gasteiger partial charge on any atom is -0.310 e. The molecule has 3 nitrogen and oxygen atoms in total. The van der Waals surface area contributed by atoms with E-state index in [0.717, 1.165) is 91.2 Å². The summed E-state index contributed by atoms with van der Waals surface area (Å²) in [4.78, 5) is 16.8. The van der Waals surface area contributed by atoms with Crippen LogP contribution in [0.2, 0.25) is 0 Å². The van der Waals surface area contributed by atoms with Gasteiger partial charge in [0.15, 0.2) is 5.78 Å². The van der Waals surface area contributed by atoms with Crippen molar-refractivity contribution in [2.75, 3.05) is 4.90 Å². The third-order valence-corrected chi connectivity index (χ3v) is 13.5. The van der Waals surface area contributed by atoms with Crippen LogP contribution in [0, 0.1) is 0 Å². The van der Waals surface area contributed by atoms with Crippen LogP contribution in [0.1, 0.15) is 39.9 Å². The normalized spacial score (nSPS) is 14.1. The maximum absolute atomic E-state index is 14.4. The van der Waals surface area contributed by atoms with Crippen molar-refractivity contribution in [3.8, 4) is 27.9 Å². The van der Waals surface area contributed by atoms with Gasteiger partial charge in [0, 0.05) is 44.7 Å². The molecule has 0 bridgehead atoms. The van der Waals surface area contributed by atoms with Crippen LogP contribution in [0.5, 0.6) is 0 Å². The van der Waals surface area contributed by atoms with Crippen molar-refractivity contribution in [3.05, 3.63) is 276 Å². The number of nitrogens with zero attached hydrogens (tertiary/aromatic N) is 2. The first-order valence-electron chi connectivity index (χ1n) is 22.5. The number of hydrogen-bond donors (Lipinski definition) is 0. The standard InChI is InChI=1S/C62H44N2O/c65-61-53-28-16-17-29-57(53)62(47-20-8-2-9-21-47,48-22-10-3-11-23-48)58-41-46(32-37-54(58)61)44-30-34-51(35-31-44)64-59-38-33-45(43-18-6-1-7-19-43)40-55(59)56-42-52(36-39-60(56)64)63(49-24-12-4-13-25-49)50-26-14-5-15-27-50/h1-15,18-42H,16-17H2. The first-order valence-corrected chi connectivity index (χ1v) is 22.5. The van der Waals surface area contributed by atoms with E-state index in [-0.39, 0.29) is 5.78 Å². The second-order valence-corrected chi connectivity index (χ2v) is 17.1. The quantitative estimate of drug-likeness (QED) is 0.152. The number of allylic oxidation sites excluding steroid dienone is 4. The van der Waals surface area contributed by atoms with Crippen LogP contribution in [0.15, 0.2) is 254 Å². The number of hydrogen-bond acceptors (Lipinski definition) is 2. The van der Waals surface area contributed by atoms with Crippen molar-refractivity contribution in [2.45, 2.75) is 18.3 Å². The minimum absolute atomic E-state index is 0.107. The topological polar surface area (TPSA) is 25.2 Å². The number of Topliss-reactive ketones (excluding diaryl/α,β-unsaturated/α-hetero) is 1. The van der Waals surface area contributed by atoms with E-state index < -0.39 is 5.41 Å². The number of aromatic nitrogens is 1. The highest BCUT2D eigenvalue weighted by Crippen LogP contribution is 2.54. The summed E-state index contributed by atoms with van der Waals surface area (Å²) in [6.45, 7) is 0. The molecule has 0 radical (unpaired) electrons. The van der Waals surface area contributed by atoms with Gasteiger partial charge in [0.1, 0.15) is 0 Å². The highest BCUT2D eigenvalue weighted by atomic mass is 16.1. The van der Waals surface area contributed by atoms with E-state index in [1.54, 1.807) is 0 Å². The summed E-state index contributed by atoms with van der Waals surface area (Å²) in [7, 11) is 0. The molecule has 0 amide bonds. The number of fused-ring (bicyclic) bond motifs is 5. The molecule has 0 spiro atoms. The van der Waals surface area contributed by atoms with Gasteiger partial charge in [-0.05, 0) is 130 Å². The van der Waals surface area contributed by atoms with Gasteiger partial charge in [-0.25, -0.2) is 0 Å². The maximum Gasteiger partial charge on any atom is 0.193 e. The molecule has 0 aliphatic heterocycles. The lowest BCUT2D eigenvalue weighted by molar-refractivity contribution is 0.102. The number of para-hydroxylation sites is 2. The molecule has 308 valence electrons. The van der Waals surface area contributed by atoms with E-state index in [0.29, 0.717) is 0 Å². The molecule has 10 aromatic rings. The van der Waals surface area contributed by atoms with Crippen LogP contribution in [0.25, 0.3) is 49.7 Å². The number of benzene rings is 9. The monoisotopic (exact) mass is 832 g/mol. The first kappa shape index (κ1) is 38.4. The Balaban J connectivity index is 1.02. The Hall–Kier alpha value is -8.27. The number of carbonyl (C=O) groups excluding carboxylic acids is 1. The third-order valence-electron chi connectivity index (χ3n) is 13.5. The summed E-state index contributed by atoms with van der Waals surface area (Å²) < 4.78 is 2.40. The molecule has 12 rings (SSSR count). The van der Waals surface area contributed by atoms with Crippen molar-refractivity contribution in [1.29, 1.82) is 0 Å². The third kappa shape index (κ3) is 6.31. The molecule has 2 aliphatic rings. The lowest BCUT2D eigenvalue weighted by Gasteiger charge is -2.44. The maximum atomic E-state index is 14.4. The van der Waals surface area contributed by atoms with Crippen LogP contribution in [-0.2, 0) is 5.41 Å². The molecule has 0 fully saturated rings. The van der Waals surface area contributed by atoms with Gasteiger partial charge in [-0.2, -0.15) is 0 Å². The lowest BCUT2D eigenvalue weighted by Crippen LogP contribution is -2.40. The molecule has 1 heterocycles. The number of anilines is 3. The van der Waals surface area contributed by atoms with Gasteiger partial charge < -0.3 is 9.47 Å². The highest BCUT2D eigenvalue weighted by Gasteiger charge is 2.48. The smallest absolute Gasteiger partial charge is 0.193 e. The van der Waals surface area contributed by atoms with Crippen LogP contribution in [0.3, 0.4) is 0 Å². The second-order valence-electron chi connectivity index (χ2n) is 17.1. The zero-order valence-electron chi connectivity index (χ0n) is 35.8. The van der Waals surface area contributed by atoms with Gasteiger partial charge in [0.2, 0.25) is 0 Å². The van der Waals surface area contributed by atoms with Gasteiger partial charge in [-0.15, -0.1) is 0 Å². The Morgan fingerprint density at radius 2 is 0.908 bits per heavy atom. The molecule has 0 saturated heterocycles. The van der Waals surface area contributed by atoms with E-state index in [4.69, 9.17) is 0 Å². The average molecular weight is 833 g/mol. The highest BCUT2D eigenvalue weighted by molar-refractivity contribution is 6.16. The molecule has 3 heteroatoms. The Morgan fingerprint density at radius 1 is 0.415 bits per heavy atom. The Kier molecular flexibility index (Phi) is 9.35. The molecular formula is C62H44N2O. The van der Waals surface area contributed by atoms with Gasteiger partial charge in [-0.3, -0.25) is 4.79 Å². The average Bonchev–Trinajstić information content (AvgIpc) is 3.71. The van der Waals surface area contributed by atoms with E-state index in [1.807, 2.05) is 0 Å². The van der Waals surface area contributed by atoms with Crippen molar-refractivity contribution >= 4 is 44.7 Å². The van der Waals surface area contributed by atoms with Crippen LogP contribution < -0.4 is 4.90 Å². The molecular weight excluding hydrogens is 789 g/mol. The van der Waals surface area contributed by atoms with Crippen molar-refractivity contribution in [3.63, 3.8) is 0 Å². The van der Waals surface area contributed by atoms with E-state index in [9.17, 15) is 4.79 Å². The van der Waals surface area contributed by atoms with Crippen molar-refractivity contribution in [2.24, 2.45) is 0 Å². The predicted octanol–water partition coefficient (Wildman–Crippen LogP) is 15.8. The van der Waals surface area contributed by atoms with Crippen LogP contribution in [-0.4, -0.2) is 10.4 Å². The fourth-order valence-corrected chi connectivity index (χ4v) is 10.6. The molecule has 0 N–H and O–H groups in total. The Bertz CT molecular complexity index is 3380. The van der Waals surface area contributed by atoms with Gasteiger partial charge in [0.05, 0.1) is 16.4 Å². The summed E-state index contributed by atoms with van der Waals surface area (Å²) in [5.74, 6) is 0.107. The number of ketones is 1. The van der Waals surface area contributed by atoms with Crippen molar-refractivity contribution < 1.29 is 4.79 Å². The molecule has 9 aromatic carbocycles. The largest absolute Gasteiger partial charge is 0.310 e. The second kappa shape index (κ2) is 15.8. The molecule has 0 atom stereocenters. The predicted molar refractivity (Wildman–Crippen MR) is 269 cm³/mol. The van der Waals surface area contributed by atoms with Crippen LogP contribution in [0.4, 0.5) is 17.1 Å². The SMILES string of the molecule is O=C1C2=CCCC=C2C(c2ccccc2)(c2ccccc2)c2cc(-c3ccc(-n4c5ccc(-c6ccccc6)cc5c5cc(N(c6ccccc6)c6ccccc6)ccc54)cc3)ccc21. The first-order chi connectivity index (χ1) is 32.2. The van der Waals surface area contributed by atoms with Crippen LogP contribution >= 0.6 is 0 Å². The Morgan fingerprint density at radius 3 is 1.54 bits per heavy atom. The van der Waals surface area contributed by atoms with Gasteiger partial charge in [0.25, 0.3) is 0 Å². The van der Waals surface area contributed by atoms with Gasteiger partial charge >= 0.3 is 0 Å². The fourth-order valence-electron chi connectivity index (χ4n) is 10.6. The van der Waals surface area contributed by atoms with E-state index in [1.165, 1.54) is 21.9 Å². The molecule has 0 unspecified atom stereocenters. The summed E-state index contributed by atoms with van der Waals surface area (Å²) in [5.41, 5.74) is 16.6. The van der Waals surface area contributed by atoms with Crippen molar-refractivity contribution in [1.82, 2.24) is 4.57 Å². The molecule has 65 heavy (non-hydrogen) atoms. The lowest BCUT2D eigenvalue weighted by atomic mass is 9.57. The Labute approximate surface area is 379 Å². The fraction of sp³-hybridized carbons (Fsp3) is 0.0484. The summed E-state index contributed by atoms with van der Waals surface area (Å²) in [6, 6.07) is 82.5. The summed E-state index contributed by atoms with van der Waals surface area (Å²) in [5, 5.41) is 2.37. The summed E-state index contributed by atoms with van der Waals surface area (Å²) in [6.07, 6.45) is 6.25. The molecule has 2 aliphatic carbocycles. The zero-order chi connectivity index (χ0) is 43.3. The number of carbonyl (C=O) groups is 1. The molecule has 0 saturated carbocycles. The molecule has 1 aromatic heterocycles. The zero-order valence-corrected chi connectivity index (χ0v) is 35.8. The summed E-state index contributed by atoms with van der Waals surface area (Å²) >= 11 is 0.